The molecule has 0 aliphatic carbocycles. The first-order valence-electron chi connectivity index (χ1n) is 7.08. The van der Waals surface area contributed by atoms with E-state index in [1.54, 1.807) is 6.20 Å². The average Bonchev–Trinajstić information content (AvgIpc) is 3.12. The molecule has 0 amide bonds. The molecule has 0 bridgehead atoms. The monoisotopic (exact) mass is 296 g/mol. The molecule has 1 aliphatic rings. The lowest BCUT2D eigenvalue weighted by atomic mass is 9.97. The van der Waals surface area contributed by atoms with Crippen molar-refractivity contribution in [2.45, 2.75) is 32.5 Å². The Morgan fingerprint density at radius 2 is 2.00 bits per heavy atom. The predicted molar refractivity (Wildman–Crippen MR) is 71.5 cm³/mol. The predicted octanol–water partition coefficient (Wildman–Crippen LogP) is 1.78. The van der Waals surface area contributed by atoms with Gasteiger partial charge in [0.05, 0.1) is 12.7 Å². The molecule has 0 unspecified atom stereocenters. The summed E-state index contributed by atoms with van der Waals surface area (Å²) in [6, 6.07) is 0. The third-order valence-corrected chi connectivity index (χ3v) is 3.95. The molecule has 0 saturated carbocycles. The molecule has 1 saturated heterocycles. The van der Waals surface area contributed by atoms with Crippen LogP contribution in [0.25, 0.3) is 0 Å². The first-order valence-corrected chi connectivity index (χ1v) is 7.08. The van der Waals surface area contributed by atoms with E-state index in [0.717, 1.165) is 37.0 Å². The van der Waals surface area contributed by atoms with Crippen LogP contribution in [-0.4, -0.2) is 42.5 Å². The van der Waals surface area contributed by atoms with E-state index in [4.69, 9.17) is 0 Å². The van der Waals surface area contributed by atoms with Gasteiger partial charge in [0.15, 0.2) is 0 Å². The molecule has 2 aromatic rings. The Hall–Kier alpha value is -1.83. The maximum atomic E-state index is 12.8. The number of hydrogen-bond acceptors (Lipinski definition) is 4. The molecule has 3 rings (SSSR count). The van der Waals surface area contributed by atoms with Gasteiger partial charge in [-0.1, -0.05) is 5.21 Å². The van der Waals surface area contributed by atoms with E-state index in [9.17, 15) is 8.78 Å². The van der Waals surface area contributed by atoms with E-state index in [1.165, 1.54) is 12.4 Å². The van der Waals surface area contributed by atoms with Crippen LogP contribution < -0.4 is 0 Å². The van der Waals surface area contributed by atoms with E-state index >= 15 is 0 Å². The van der Waals surface area contributed by atoms with Crippen molar-refractivity contribution in [1.82, 2.24) is 29.4 Å². The standard InChI is InChI=1S/C13H18F2N6/c14-13(15)21-8-3-16-12(21)10-19-5-1-11(2-6-19)9-20-7-4-17-18-20/h3-4,7-8,11,13H,1-2,5-6,9-10H2. The van der Waals surface area contributed by atoms with Crippen LogP contribution in [0, 0.1) is 5.92 Å². The zero-order chi connectivity index (χ0) is 14.7. The van der Waals surface area contributed by atoms with Crippen molar-refractivity contribution in [3.63, 3.8) is 0 Å². The van der Waals surface area contributed by atoms with Crippen LogP contribution in [0.1, 0.15) is 25.2 Å². The number of piperidine rings is 1. The number of hydrogen-bond donors (Lipinski definition) is 0. The summed E-state index contributed by atoms with van der Waals surface area (Å²) in [5.74, 6) is 0.998. The van der Waals surface area contributed by atoms with Crippen molar-refractivity contribution in [2.75, 3.05) is 13.1 Å². The summed E-state index contributed by atoms with van der Waals surface area (Å²) in [7, 11) is 0. The van der Waals surface area contributed by atoms with Crippen molar-refractivity contribution >= 4 is 0 Å². The number of aromatic nitrogens is 5. The topological polar surface area (TPSA) is 51.8 Å². The van der Waals surface area contributed by atoms with Gasteiger partial charge in [0, 0.05) is 25.1 Å². The first-order chi connectivity index (χ1) is 10.2. The second kappa shape index (κ2) is 6.30. The summed E-state index contributed by atoms with van der Waals surface area (Å²) in [5, 5.41) is 7.78. The lowest BCUT2D eigenvalue weighted by Crippen LogP contribution is -2.35. The van der Waals surface area contributed by atoms with Crippen molar-refractivity contribution < 1.29 is 8.78 Å². The molecular formula is C13H18F2N6. The molecule has 0 spiro atoms. The maximum Gasteiger partial charge on any atom is 0.319 e. The molecule has 0 aromatic carbocycles. The molecule has 21 heavy (non-hydrogen) atoms. The van der Waals surface area contributed by atoms with Crippen LogP contribution in [0.4, 0.5) is 8.78 Å². The van der Waals surface area contributed by atoms with E-state index in [1.807, 2.05) is 10.9 Å². The highest BCUT2D eigenvalue weighted by Crippen LogP contribution is 2.21. The summed E-state index contributed by atoms with van der Waals surface area (Å²) in [6.45, 7) is 0.630. The Bertz CT molecular complexity index is 545. The Morgan fingerprint density at radius 1 is 1.19 bits per heavy atom. The largest absolute Gasteiger partial charge is 0.319 e. The molecule has 6 nitrogen and oxygen atoms in total. The fourth-order valence-electron chi connectivity index (χ4n) is 2.77. The smallest absolute Gasteiger partial charge is 0.296 e. The molecule has 8 heteroatoms. The van der Waals surface area contributed by atoms with Crippen molar-refractivity contribution in [1.29, 1.82) is 0 Å². The summed E-state index contributed by atoms with van der Waals surface area (Å²) in [6.07, 6.45) is 8.38. The number of likely N-dealkylation sites (tertiary alicyclic amines) is 1. The van der Waals surface area contributed by atoms with Crippen LogP contribution in [0.2, 0.25) is 0 Å². The van der Waals surface area contributed by atoms with Gasteiger partial charge in [-0.15, -0.1) is 5.10 Å². The fourth-order valence-corrected chi connectivity index (χ4v) is 2.77. The normalized spacial score (nSPS) is 17.7. The minimum atomic E-state index is -2.52. The quantitative estimate of drug-likeness (QED) is 0.844. The highest BCUT2D eigenvalue weighted by Gasteiger charge is 2.22. The number of nitrogens with zero attached hydrogens (tertiary/aromatic N) is 6. The number of imidazole rings is 1. The SMILES string of the molecule is FC(F)n1ccnc1CN1CCC(Cn2ccnn2)CC1. The number of rotatable bonds is 5. The lowest BCUT2D eigenvalue weighted by Gasteiger charge is -2.31. The van der Waals surface area contributed by atoms with Gasteiger partial charge in [0.2, 0.25) is 0 Å². The second-order valence-electron chi connectivity index (χ2n) is 5.37. The Morgan fingerprint density at radius 3 is 2.67 bits per heavy atom. The van der Waals surface area contributed by atoms with Crippen LogP contribution in [0.3, 0.4) is 0 Å². The molecule has 1 fully saturated rings. The molecule has 0 N–H and O–H groups in total. The fraction of sp³-hybridized carbons (Fsp3) is 0.615. The molecule has 3 heterocycles. The van der Waals surface area contributed by atoms with Gasteiger partial charge < -0.3 is 0 Å². The third kappa shape index (κ3) is 3.44. The van der Waals surface area contributed by atoms with Crippen LogP contribution in [0.5, 0.6) is 0 Å². The molecule has 2 aromatic heterocycles. The Labute approximate surface area is 121 Å². The highest BCUT2D eigenvalue weighted by molar-refractivity contribution is 4.93. The summed E-state index contributed by atoms with van der Waals surface area (Å²) >= 11 is 0. The van der Waals surface area contributed by atoms with E-state index < -0.39 is 6.55 Å². The van der Waals surface area contributed by atoms with Gasteiger partial charge in [0.25, 0.3) is 0 Å². The van der Waals surface area contributed by atoms with Gasteiger partial charge >= 0.3 is 6.55 Å². The van der Waals surface area contributed by atoms with Gasteiger partial charge in [-0.2, -0.15) is 8.78 Å². The zero-order valence-corrected chi connectivity index (χ0v) is 11.6. The molecule has 1 aliphatic heterocycles. The summed E-state index contributed by atoms with van der Waals surface area (Å²) in [4.78, 5) is 6.21. The summed E-state index contributed by atoms with van der Waals surface area (Å²) in [5.41, 5.74) is 0. The Kier molecular flexibility index (Phi) is 4.23. The van der Waals surface area contributed by atoms with E-state index in [0.29, 0.717) is 18.3 Å². The molecule has 114 valence electrons. The van der Waals surface area contributed by atoms with Crippen LogP contribution in [-0.2, 0) is 13.1 Å². The minimum Gasteiger partial charge on any atom is -0.296 e. The van der Waals surface area contributed by atoms with Crippen LogP contribution in [0.15, 0.2) is 24.8 Å². The Balaban J connectivity index is 1.50. The van der Waals surface area contributed by atoms with E-state index in [-0.39, 0.29) is 0 Å². The van der Waals surface area contributed by atoms with Gasteiger partial charge in [-0.3, -0.25) is 14.1 Å². The van der Waals surface area contributed by atoms with Gasteiger partial charge in [-0.05, 0) is 31.8 Å². The number of alkyl halides is 2. The van der Waals surface area contributed by atoms with Gasteiger partial charge in [0.1, 0.15) is 5.82 Å². The second-order valence-corrected chi connectivity index (χ2v) is 5.37. The molecule has 0 radical (unpaired) electrons. The first kappa shape index (κ1) is 14.1. The van der Waals surface area contributed by atoms with Crippen molar-refractivity contribution in [2.24, 2.45) is 5.92 Å². The minimum absolute atomic E-state index is 0.430. The van der Waals surface area contributed by atoms with Crippen molar-refractivity contribution in [3.05, 3.63) is 30.6 Å². The van der Waals surface area contributed by atoms with Gasteiger partial charge in [-0.25, -0.2) is 4.98 Å². The summed E-state index contributed by atoms with van der Waals surface area (Å²) < 4.78 is 28.3. The highest BCUT2D eigenvalue weighted by atomic mass is 19.3. The molecular weight excluding hydrogens is 278 g/mol. The van der Waals surface area contributed by atoms with E-state index in [2.05, 4.69) is 20.2 Å². The van der Waals surface area contributed by atoms with Crippen LogP contribution >= 0.6 is 0 Å². The molecule has 0 atom stereocenters. The zero-order valence-electron chi connectivity index (χ0n) is 11.6. The van der Waals surface area contributed by atoms with Crippen molar-refractivity contribution in [3.8, 4) is 0 Å². The lowest BCUT2D eigenvalue weighted by molar-refractivity contribution is 0.0620. The third-order valence-electron chi connectivity index (χ3n) is 3.95. The maximum absolute atomic E-state index is 12.8. The number of halogens is 2. The average molecular weight is 296 g/mol.